The molecule has 1 N–H and O–H groups in total. The summed E-state index contributed by atoms with van der Waals surface area (Å²) < 4.78 is 39.4. The number of fused-ring (bicyclic) bond motifs is 1. The number of amides is 1. The second-order valence-corrected chi connectivity index (χ2v) is 4.51. The molecule has 0 aliphatic heterocycles. The quantitative estimate of drug-likeness (QED) is 0.849. The normalized spacial score (nSPS) is 11.8. The lowest BCUT2D eigenvalue weighted by atomic mass is 10.3. The Morgan fingerprint density at radius 1 is 1.45 bits per heavy atom. The topological polar surface area (TPSA) is 59.3 Å². The number of aryl methyl sites for hydroxylation is 1. The molecule has 5 nitrogen and oxygen atoms in total. The molecule has 0 saturated heterocycles. The predicted molar refractivity (Wildman–Crippen MR) is 68.9 cm³/mol. The number of nitrogens with one attached hydrogen (secondary N) is 1. The maximum Gasteiger partial charge on any atom is 0.433 e. The molecular formula is C11H11F3N4OS. The van der Waals surface area contributed by atoms with Gasteiger partial charge < -0.3 is 5.32 Å². The van der Waals surface area contributed by atoms with Gasteiger partial charge in [0.25, 0.3) is 5.91 Å². The number of hydrogen-bond acceptors (Lipinski definition) is 4. The lowest BCUT2D eigenvalue weighted by Gasteiger charge is -2.09. The summed E-state index contributed by atoms with van der Waals surface area (Å²) in [6.45, 7) is 1.75. The highest BCUT2D eigenvalue weighted by molar-refractivity contribution is 7.80. The van der Waals surface area contributed by atoms with E-state index in [1.165, 1.54) is 13.0 Å². The Morgan fingerprint density at radius 2 is 2.15 bits per heavy atom. The minimum Gasteiger partial charge on any atom is -0.350 e. The number of carbonyl (C=O) groups is 1. The largest absolute Gasteiger partial charge is 0.433 e. The lowest BCUT2D eigenvalue weighted by Crippen LogP contribution is -2.25. The van der Waals surface area contributed by atoms with Crippen molar-refractivity contribution in [2.75, 3.05) is 12.3 Å². The van der Waals surface area contributed by atoms with Crippen LogP contribution in [0.4, 0.5) is 13.2 Å². The molecule has 108 valence electrons. The van der Waals surface area contributed by atoms with Gasteiger partial charge in [0.2, 0.25) is 0 Å². The van der Waals surface area contributed by atoms with Crippen LogP contribution in [0.1, 0.15) is 21.9 Å². The van der Waals surface area contributed by atoms with E-state index in [0.717, 1.165) is 6.07 Å². The molecule has 0 bridgehead atoms. The highest BCUT2D eigenvalue weighted by Crippen LogP contribution is 2.29. The zero-order valence-corrected chi connectivity index (χ0v) is 11.3. The molecule has 0 atom stereocenters. The van der Waals surface area contributed by atoms with Gasteiger partial charge in [0.15, 0.2) is 11.3 Å². The predicted octanol–water partition coefficient (Wildman–Crippen LogP) is 1.72. The molecule has 0 saturated carbocycles. The summed E-state index contributed by atoms with van der Waals surface area (Å²) in [6.07, 6.45) is -4.57. The first-order chi connectivity index (χ1) is 9.32. The molecule has 0 aliphatic carbocycles. The van der Waals surface area contributed by atoms with E-state index in [9.17, 15) is 18.0 Å². The molecule has 0 spiro atoms. The summed E-state index contributed by atoms with van der Waals surface area (Å²) in [4.78, 5) is 15.6. The van der Waals surface area contributed by atoms with Gasteiger partial charge in [-0.15, -0.1) is 0 Å². The number of hydrogen-bond donors (Lipinski definition) is 2. The Hall–Kier alpha value is -1.77. The molecule has 9 heteroatoms. The third-order valence-corrected chi connectivity index (χ3v) is 2.70. The van der Waals surface area contributed by atoms with Gasteiger partial charge in [0.1, 0.15) is 5.69 Å². The van der Waals surface area contributed by atoms with Crippen LogP contribution < -0.4 is 5.32 Å². The fourth-order valence-electron chi connectivity index (χ4n) is 1.67. The third-order valence-electron chi connectivity index (χ3n) is 2.48. The summed E-state index contributed by atoms with van der Waals surface area (Å²) in [5.41, 5.74) is -0.899. The van der Waals surface area contributed by atoms with Crippen molar-refractivity contribution in [2.45, 2.75) is 13.1 Å². The monoisotopic (exact) mass is 304 g/mol. The van der Waals surface area contributed by atoms with Crippen LogP contribution in [0.15, 0.2) is 12.1 Å². The first kappa shape index (κ1) is 14.6. The van der Waals surface area contributed by atoms with E-state index in [2.05, 4.69) is 28.0 Å². The number of carbonyl (C=O) groups excluding carboxylic acids is 1. The van der Waals surface area contributed by atoms with Crippen LogP contribution in [0.5, 0.6) is 0 Å². The van der Waals surface area contributed by atoms with Crippen molar-refractivity contribution >= 4 is 24.2 Å². The van der Waals surface area contributed by atoms with E-state index in [4.69, 9.17) is 0 Å². The Kier molecular flexibility index (Phi) is 3.89. The minimum absolute atomic E-state index is 0.0200. The van der Waals surface area contributed by atoms with Crippen molar-refractivity contribution in [1.29, 1.82) is 0 Å². The van der Waals surface area contributed by atoms with Crippen molar-refractivity contribution in [2.24, 2.45) is 0 Å². The summed E-state index contributed by atoms with van der Waals surface area (Å²) in [5, 5.41) is 6.15. The Morgan fingerprint density at radius 3 is 2.75 bits per heavy atom. The number of aromatic nitrogens is 3. The third kappa shape index (κ3) is 2.87. The molecule has 2 aromatic rings. The maximum atomic E-state index is 12.9. The average molecular weight is 304 g/mol. The van der Waals surface area contributed by atoms with E-state index in [1.54, 1.807) is 0 Å². The molecular weight excluding hydrogens is 293 g/mol. The van der Waals surface area contributed by atoms with Crippen molar-refractivity contribution < 1.29 is 18.0 Å². The van der Waals surface area contributed by atoms with Gasteiger partial charge >= 0.3 is 6.18 Å². The average Bonchev–Trinajstić information content (AvgIpc) is 2.77. The minimum atomic E-state index is -4.57. The van der Waals surface area contributed by atoms with E-state index < -0.39 is 17.8 Å². The highest BCUT2D eigenvalue weighted by atomic mass is 32.1. The van der Waals surface area contributed by atoms with E-state index in [1.807, 2.05) is 0 Å². The van der Waals surface area contributed by atoms with Crippen molar-refractivity contribution in [3.05, 3.63) is 29.2 Å². The first-order valence-corrected chi connectivity index (χ1v) is 6.30. The molecule has 2 rings (SSSR count). The van der Waals surface area contributed by atoms with Gasteiger partial charge in [0, 0.05) is 24.1 Å². The number of nitrogens with zero attached hydrogens (tertiary/aromatic N) is 3. The standard InChI is InChI=1S/C11H11F3N4OS/c1-6-4-8(11(12,13)14)18-9(16-6)5-7(17-18)10(19)15-2-3-20/h4-5,20H,2-3H2,1H3,(H,15,19). The van der Waals surface area contributed by atoms with Crippen LogP contribution >= 0.6 is 12.6 Å². The zero-order chi connectivity index (χ0) is 14.9. The molecule has 0 radical (unpaired) electrons. The van der Waals surface area contributed by atoms with E-state index in [0.29, 0.717) is 16.8 Å². The van der Waals surface area contributed by atoms with Crippen molar-refractivity contribution in [3.63, 3.8) is 0 Å². The maximum absolute atomic E-state index is 12.9. The lowest BCUT2D eigenvalue weighted by molar-refractivity contribution is -0.142. The fraction of sp³-hybridized carbons (Fsp3) is 0.364. The molecule has 0 aliphatic rings. The van der Waals surface area contributed by atoms with Crippen molar-refractivity contribution in [1.82, 2.24) is 19.9 Å². The summed E-state index contributed by atoms with van der Waals surface area (Å²) in [5.74, 6) is -0.139. The fourth-order valence-corrected chi connectivity index (χ4v) is 1.78. The van der Waals surface area contributed by atoms with Crippen LogP contribution in [0, 0.1) is 6.92 Å². The molecule has 20 heavy (non-hydrogen) atoms. The molecule has 1 amide bonds. The molecule has 2 aromatic heterocycles. The molecule has 0 unspecified atom stereocenters. The van der Waals surface area contributed by atoms with Crippen LogP contribution in [-0.2, 0) is 6.18 Å². The Balaban J connectivity index is 2.51. The summed E-state index contributed by atoms with van der Waals surface area (Å²) in [7, 11) is 0. The van der Waals surface area contributed by atoms with Gasteiger partial charge in [-0.05, 0) is 13.0 Å². The first-order valence-electron chi connectivity index (χ1n) is 5.66. The smallest absolute Gasteiger partial charge is 0.350 e. The highest BCUT2D eigenvalue weighted by Gasteiger charge is 2.35. The second kappa shape index (κ2) is 5.31. The van der Waals surface area contributed by atoms with Crippen LogP contribution in [-0.4, -0.2) is 32.8 Å². The SMILES string of the molecule is Cc1cc(C(F)(F)F)n2nc(C(=O)NCCS)cc2n1. The zero-order valence-electron chi connectivity index (χ0n) is 10.4. The van der Waals surface area contributed by atoms with Crippen LogP contribution in [0.2, 0.25) is 0 Å². The van der Waals surface area contributed by atoms with Gasteiger partial charge in [-0.2, -0.15) is 30.9 Å². The molecule has 0 aromatic carbocycles. The van der Waals surface area contributed by atoms with Crippen LogP contribution in [0.3, 0.4) is 0 Å². The number of alkyl halides is 3. The van der Waals surface area contributed by atoms with E-state index >= 15 is 0 Å². The summed E-state index contributed by atoms with van der Waals surface area (Å²) >= 11 is 3.92. The van der Waals surface area contributed by atoms with Gasteiger partial charge in [-0.25, -0.2) is 9.50 Å². The van der Waals surface area contributed by atoms with Crippen LogP contribution in [0.25, 0.3) is 5.65 Å². The Bertz CT molecular complexity index is 653. The van der Waals surface area contributed by atoms with Gasteiger partial charge in [-0.3, -0.25) is 4.79 Å². The Labute approximate surface area is 117 Å². The number of thiol groups is 1. The summed E-state index contributed by atoms with van der Waals surface area (Å²) in [6, 6.07) is 2.10. The molecule has 2 heterocycles. The van der Waals surface area contributed by atoms with Gasteiger partial charge in [0.05, 0.1) is 0 Å². The van der Waals surface area contributed by atoms with Gasteiger partial charge in [-0.1, -0.05) is 0 Å². The van der Waals surface area contributed by atoms with Crippen molar-refractivity contribution in [3.8, 4) is 0 Å². The molecule has 0 fully saturated rings. The van der Waals surface area contributed by atoms with E-state index in [-0.39, 0.29) is 17.0 Å². The number of rotatable bonds is 3. The number of halogens is 3. The second-order valence-electron chi connectivity index (χ2n) is 4.06.